The Hall–Kier alpha value is -3.04. The molecule has 1 saturated heterocycles. The lowest BCUT2D eigenvalue weighted by Crippen LogP contribution is -2.44. The highest BCUT2D eigenvalue weighted by Gasteiger charge is 2.39. The van der Waals surface area contributed by atoms with E-state index in [4.69, 9.17) is 4.74 Å². The van der Waals surface area contributed by atoms with Crippen LogP contribution >= 0.6 is 0 Å². The Balaban J connectivity index is 1.37. The maximum Gasteiger partial charge on any atom is 0.408 e. The zero-order chi connectivity index (χ0) is 23.4. The summed E-state index contributed by atoms with van der Waals surface area (Å²) < 4.78 is 6.08. The van der Waals surface area contributed by atoms with E-state index < -0.39 is 12.1 Å². The molecular formula is C27H33N3O3. The first-order valence-electron chi connectivity index (χ1n) is 11.8. The molecule has 2 aliphatic rings. The number of amides is 1. The summed E-state index contributed by atoms with van der Waals surface area (Å²) in [5.74, 6) is 1.39. The maximum atomic E-state index is 11.3. The molecule has 1 amide bonds. The van der Waals surface area contributed by atoms with Crippen LogP contribution in [-0.2, 0) is 12.0 Å². The van der Waals surface area contributed by atoms with Crippen LogP contribution < -0.4 is 4.74 Å². The Morgan fingerprint density at radius 1 is 1.18 bits per heavy atom. The Morgan fingerprint density at radius 3 is 2.52 bits per heavy atom. The van der Waals surface area contributed by atoms with Gasteiger partial charge in [0, 0.05) is 12.0 Å². The van der Waals surface area contributed by atoms with Gasteiger partial charge in [0.1, 0.15) is 17.9 Å². The van der Waals surface area contributed by atoms with Crippen LogP contribution in [0.25, 0.3) is 0 Å². The van der Waals surface area contributed by atoms with Crippen molar-refractivity contribution in [3.05, 3.63) is 65.7 Å². The monoisotopic (exact) mass is 447 g/mol. The van der Waals surface area contributed by atoms with Gasteiger partial charge in [0.15, 0.2) is 0 Å². The molecule has 1 aliphatic carbocycles. The lowest BCUT2D eigenvalue weighted by Gasteiger charge is -2.45. The van der Waals surface area contributed by atoms with Gasteiger partial charge in [-0.3, -0.25) is 9.80 Å². The molecule has 0 spiro atoms. The first-order valence-corrected chi connectivity index (χ1v) is 11.8. The Morgan fingerprint density at radius 2 is 1.91 bits per heavy atom. The van der Waals surface area contributed by atoms with E-state index in [1.807, 2.05) is 12.1 Å². The number of carbonyl (C=O) groups is 1. The molecule has 174 valence electrons. The maximum absolute atomic E-state index is 11.3. The lowest BCUT2D eigenvalue weighted by atomic mass is 9.70. The molecule has 6 heteroatoms. The summed E-state index contributed by atoms with van der Waals surface area (Å²) >= 11 is 0. The number of nitriles is 1. The number of benzene rings is 2. The second-order valence-corrected chi connectivity index (χ2v) is 9.64. The average molecular weight is 448 g/mol. The Kier molecular flexibility index (Phi) is 6.90. The van der Waals surface area contributed by atoms with Gasteiger partial charge in [-0.15, -0.1) is 0 Å². The molecule has 1 N–H and O–H groups in total. The van der Waals surface area contributed by atoms with E-state index in [-0.39, 0.29) is 18.2 Å². The molecule has 4 rings (SSSR count). The summed E-state index contributed by atoms with van der Waals surface area (Å²) in [6.07, 6.45) is 4.71. The van der Waals surface area contributed by atoms with Crippen LogP contribution in [0.4, 0.5) is 4.79 Å². The van der Waals surface area contributed by atoms with E-state index in [0.29, 0.717) is 12.3 Å². The van der Waals surface area contributed by atoms with E-state index >= 15 is 0 Å². The van der Waals surface area contributed by atoms with Crippen LogP contribution in [0, 0.1) is 17.2 Å². The molecule has 2 atom stereocenters. The minimum atomic E-state index is -1.07. The largest absolute Gasteiger partial charge is 0.488 e. The summed E-state index contributed by atoms with van der Waals surface area (Å²) in [5, 5.41) is 18.5. The van der Waals surface area contributed by atoms with Gasteiger partial charge in [0.05, 0.1) is 12.6 Å². The van der Waals surface area contributed by atoms with Crippen molar-refractivity contribution in [3.63, 3.8) is 0 Å². The molecule has 6 nitrogen and oxygen atoms in total. The molecule has 2 aromatic carbocycles. The Bertz CT molecular complexity index is 993. The van der Waals surface area contributed by atoms with E-state index in [0.717, 1.165) is 25.0 Å². The molecule has 2 aromatic rings. The molecule has 33 heavy (non-hydrogen) atoms. The molecule has 0 radical (unpaired) electrons. The van der Waals surface area contributed by atoms with Crippen molar-refractivity contribution in [1.82, 2.24) is 9.80 Å². The number of nitrogens with zero attached hydrogens (tertiary/aromatic N) is 3. The van der Waals surface area contributed by atoms with Gasteiger partial charge in [-0.1, -0.05) is 42.5 Å². The number of rotatable bonds is 6. The highest BCUT2D eigenvalue weighted by molar-refractivity contribution is 5.66. The molecule has 2 fully saturated rings. The van der Waals surface area contributed by atoms with Crippen LogP contribution in [0.5, 0.6) is 5.75 Å². The molecule has 0 bridgehead atoms. The standard InChI is InChI=1S/C27H33N3O3/c1-29(2)27(22-8-4-3-5-9-22)13-11-20(12-14-27)15-21-7-6-10-24(16-21)33-25-17-23(18-28)30(19-25)26(31)32/h3-10,16,20,23,25H,11-15,17,19H2,1-2H3,(H,31,32)/t20?,23-,25-,27?/m0/s1. The Labute approximate surface area is 196 Å². The predicted octanol–water partition coefficient (Wildman–Crippen LogP) is 4.90. The fraction of sp³-hybridized carbons (Fsp3) is 0.481. The quantitative estimate of drug-likeness (QED) is 0.682. The van der Waals surface area contributed by atoms with E-state index in [1.165, 1.54) is 28.9 Å². The average Bonchev–Trinajstić information content (AvgIpc) is 3.23. The number of likely N-dealkylation sites (tertiary alicyclic amines) is 1. The van der Waals surface area contributed by atoms with Crippen molar-refractivity contribution in [2.75, 3.05) is 20.6 Å². The van der Waals surface area contributed by atoms with Gasteiger partial charge in [0.2, 0.25) is 0 Å². The van der Waals surface area contributed by atoms with Crippen LogP contribution in [0.3, 0.4) is 0 Å². The summed E-state index contributed by atoms with van der Waals surface area (Å²) in [7, 11) is 4.39. The highest BCUT2D eigenvalue weighted by Crippen LogP contribution is 2.43. The van der Waals surface area contributed by atoms with Gasteiger partial charge >= 0.3 is 6.09 Å². The summed E-state index contributed by atoms with van der Waals surface area (Å²) in [6, 6.07) is 20.4. The minimum Gasteiger partial charge on any atom is -0.488 e. The fourth-order valence-corrected chi connectivity index (χ4v) is 5.59. The van der Waals surface area contributed by atoms with Crippen LogP contribution in [0.2, 0.25) is 0 Å². The topological polar surface area (TPSA) is 76.8 Å². The van der Waals surface area contributed by atoms with Crippen molar-refractivity contribution in [1.29, 1.82) is 5.26 Å². The molecular weight excluding hydrogens is 414 g/mol. The third-order valence-electron chi connectivity index (χ3n) is 7.48. The predicted molar refractivity (Wildman–Crippen MR) is 127 cm³/mol. The van der Waals surface area contributed by atoms with Gasteiger partial charge in [0.25, 0.3) is 0 Å². The molecule has 0 aromatic heterocycles. The van der Waals surface area contributed by atoms with Crippen LogP contribution in [-0.4, -0.2) is 53.8 Å². The normalized spacial score (nSPS) is 27.3. The molecule has 1 heterocycles. The second kappa shape index (κ2) is 9.84. The van der Waals surface area contributed by atoms with Crippen LogP contribution in [0.1, 0.15) is 43.2 Å². The van der Waals surface area contributed by atoms with Crippen molar-refractivity contribution >= 4 is 6.09 Å². The molecule has 0 unspecified atom stereocenters. The number of carboxylic acid groups (broad SMARTS) is 1. The van der Waals surface area contributed by atoms with Gasteiger partial charge in [-0.2, -0.15) is 5.26 Å². The van der Waals surface area contributed by atoms with E-state index in [9.17, 15) is 15.2 Å². The summed E-state index contributed by atoms with van der Waals surface area (Å²) in [5.41, 5.74) is 2.77. The SMILES string of the molecule is CN(C)C1(c2ccccc2)CCC(Cc2cccc(O[C@H]3C[C@@H](C#N)N(C(=O)O)C3)c2)CC1. The van der Waals surface area contributed by atoms with E-state index in [2.05, 4.69) is 67.5 Å². The smallest absolute Gasteiger partial charge is 0.408 e. The lowest BCUT2D eigenvalue weighted by molar-refractivity contribution is 0.0772. The number of hydrogen-bond acceptors (Lipinski definition) is 4. The zero-order valence-corrected chi connectivity index (χ0v) is 19.5. The summed E-state index contributed by atoms with van der Waals surface area (Å²) in [4.78, 5) is 14.9. The van der Waals surface area contributed by atoms with Gasteiger partial charge < -0.3 is 9.84 Å². The first-order chi connectivity index (χ1) is 15.9. The van der Waals surface area contributed by atoms with E-state index in [1.54, 1.807) is 0 Å². The minimum absolute atomic E-state index is 0.110. The van der Waals surface area contributed by atoms with Crippen molar-refractivity contribution in [2.45, 2.75) is 56.2 Å². The van der Waals surface area contributed by atoms with Gasteiger partial charge in [-0.25, -0.2) is 4.79 Å². The summed E-state index contributed by atoms with van der Waals surface area (Å²) in [6.45, 7) is 0.229. The number of ether oxygens (including phenoxy) is 1. The van der Waals surface area contributed by atoms with Crippen LogP contribution in [0.15, 0.2) is 54.6 Å². The highest BCUT2D eigenvalue weighted by atomic mass is 16.5. The zero-order valence-electron chi connectivity index (χ0n) is 19.5. The third kappa shape index (κ3) is 4.99. The van der Waals surface area contributed by atoms with Crippen molar-refractivity contribution in [3.8, 4) is 11.8 Å². The third-order valence-corrected chi connectivity index (χ3v) is 7.48. The number of hydrogen-bond donors (Lipinski definition) is 1. The van der Waals surface area contributed by atoms with Gasteiger partial charge in [-0.05, 0) is 75.4 Å². The second-order valence-electron chi connectivity index (χ2n) is 9.64. The molecule has 1 saturated carbocycles. The molecule has 1 aliphatic heterocycles. The van der Waals surface area contributed by atoms with Crippen molar-refractivity contribution < 1.29 is 14.6 Å². The first kappa shape index (κ1) is 23.1. The van der Waals surface area contributed by atoms with Crippen molar-refractivity contribution in [2.24, 2.45) is 5.92 Å². The fourth-order valence-electron chi connectivity index (χ4n) is 5.59.